The first kappa shape index (κ1) is 19.0. The number of aromatic nitrogens is 2. The maximum Gasteiger partial charge on any atom is 0.163 e. The first-order valence-corrected chi connectivity index (χ1v) is 10.2. The van der Waals surface area contributed by atoms with Crippen LogP contribution in [0, 0.1) is 27.3 Å². The van der Waals surface area contributed by atoms with Crippen LogP contribution in [0.5, 0.6) is 0 Å². The Morgan fingerprint density at radius 1 is 0.897 bits per heavy atom. The molecule has 0 spiro atoms. The molecule has 0 bridgehead atoms. The van der Waals surface area contributed by atoms with Gasteiger partial charge in [0.05, 0.1) is 18.3 Å². The Morgan fingerprint density at radius 2 is 1.48 bits per heavy atom. The lowest BCUT2D eigenvalue weighted by molar-refractivity contribution is 1.32. The summed E-state index contributed by atoms with van der Waals surface area (Å²) in [5, 5.41) is 0. The molecule has 0 unspecified atom stereocenters. The maximum absolute atomic E-state index is 7.08. The van der Waals surface area contributed by atoms with Crippen LogP contribution in [0.3, 0.4) is 0 Å². The van der Waals surface area contributed by atoms with Crippen molar-refractivity contribution in [1.29, 1.82) is 0 Å². The van der Waals surface area contributed by atoms with Crippen molar-refractivity contribution < 1.29 is 0 Å². The molecule has 0 fully saturated rings. The fourth-order valence-corrected chi connectivity index (χ4v) is 4.51. The molecule has 142 valence electrons. The third kappa shape index (κ3) is 3.57. The number of benzene rings is 3. The van der Waals surface area contributed by atoms with Gasteiger partial charge in [-0.3, -0.25) is 0 Å². The quantitative estimate of drug-likeness (QED) is 0.342. The minimum atomic E-state index is 0.678. The number of fused-ring (bicyclic) bond motifs is 1. The van der Waals surface area contributed by atoms with Crippen molar-refractivity contribution in [3.05, 3.63) is 87.9 Å². The van der Waals surface area contributed by atoms with E-state index in [9.17, 15) is 0 Å². The molecule has 29 heavy (non-hydrogen) atoms. The minimum absolute atomic E-state index is 0.678. The SMILES string of the molecule is [C-]#[N+]/C(C)=C\c1ccc(-c2ccc(-c3c(C)cc(C)cc3C)c3nsnc23)cc1. The summed E-state index contributed by atoms with van der Waals surface area (Å²) < 4.78 is 9.26. The highest BCUT2D eigenvalue weighted by Crippen LogP contribution is 2.37. The summed E-state index contributed by atoms with van der Waals surface area (Å²) in [7, 11) is 0. The molecule has 0 aliphatic heterocycles. The Kier molecular flexibility index (Phi) is 5.00. The van der Waals surface area contributed by atoms with Gasteiger partial charge in [0.2, 0.25) is 0 Å². The molecule has 0 radical (unpaired) electrons. The van der Waals surface area contributed by atoms with Gasteiger partial charge >= 0.3 is 0 Å². The molecule has 1 heterocycles. The van der Waals surface area contributed by atoms with Crippen molar-refractivity contribution in [2.75, 3.05) is 0 Å². The summed E-state index contributed by atoms with van der Waals surface area (Å²) >= 11 is 1.26. The fraction of sp³-hybridized carbons (Fsp3) is 0.160. The molecule has 4 heteroatoms. The summed E-state index contributed by atoms with van der Waals surface area (Å²) in [6.07, 6.45) is 1.89. The van der Waals surface area contributed by atoms with Gasteiger partial charge in [0.25, 0.3) is 0 Å². The number of hydrogen-bond acceptors (Lipinski definition) is 3. The van der Waals surface area contributed by atoms with Crippen LogP contribution in [-0.4, -0.2) is 8.75 Å². The second kappa shape index (κ2) is 7.62. The van der Waals surface area contributed by atoms with E-state index in [-0.39, 0.29) is 0 Å². The molecule has 0 amide bonds. The Labute approximate surface area is 175 Å². The van der Waals surface area contributed by atoms with Crippen molar-refractivity contribution in [2.24, 2.45) is 0 Å². The maximum atomic E-state index is 7.08. The standard InChI is InChI=1S/C25H21N3S/c1-15-12-16(2)23(17(3)13-15)22-11-10-21(24-25(22)28-29-27-24)20-8-6-19(7-9-20)14-18(4)26-5/h6-14H,1-4H3/b18-14-. The summed E-state index contributed by atoms with van der Waals surface area (Å²) in [5.41, 5.74) is 12.0. The lowest BCUT2D eigenvalue weighted by Crippen LogP contribution is -1.92. The molecule has 0 aliphatic carbocycles. The van der Waals surface area contributed by atoms with E-state index in [0.29, 0.717) is 5.70 Å². The highest BCUT2D eigenvalue weighted by Gasteiger charge is 2.16. The third-order valence-corrected chi connectivity index (χ3v) is 5.66. The summed E-state index contributed by atoms with van der Waals surface area (Å²) in [4.78, 5) is 3.45. The van der Waals surface area contributed by atoms with Crippen LogP contribution in [-0.2, 0) is 0 Å². The Balaban J connectivity index is 1.84. The van der Waals surface area contributed by atoms with Crippen LogP contribution in [0.2, 0.25) is 0 Å². The first-order chi connectivity index (χ1) is 14.0. The molecule has 0 saturated heterocycles. The van der Waals surface area contributed by atoms with Crippen molar-refractivity contribution in [3.8, 4) is 22.3 Å². The molecule has 3 aromatic carbocycles. The van der Waals surface area contributed by atoms with Crippen LogP contribution in [0.4, 0.5) is 0 Å². The van der Waals surface area contributed by atoms with E-state index in [1.807, 2.05) is 25.1 Å². The van der Waals surface area contributed by atoms with Gasteiger partial charge in [-0.1, -0.05) is 60.2 Å². The number of hydrogen-bond donors (Lipinski definition) is 0. The molecular formula is C25H21N3S. The lowest BCUT2D eigenvalue weighted by Gasteiger charge is -2.13. The number of allylic oxidation sites excluding steroid dienone is 1. The van der Waals surface area contributed by atoms with E-state index in [1.54, 1.807) is 0 Å². The van der Waals surface area contributed by atoms with E-state index in [1.165, 1.54) is 34.0 Å². The van der Waals surface area contributed by atoms with Crippen molar-refractivity contribution >= 4 is 28.8 Å². The van der Waals surface area contributed by atoms with Crippen molar-refractivity contribution in [1.82, 2.24) is 8.75 Å². The molecule has 0 atom stereocenters. The van der Waals surface area contributed by atoms with Crippen LogP contribution in [0.15, 0.2) is 54.2 Å². The second-order valence-electron chi connectivity index (χ2n) is 7.42. The van der Waals surface area contributed by atoms with Crippen LogP contribution < -0.4 is 0 Å². The highest BCUT2D eigenvalue weighted by atomic mass is 32.1. The van der Waals surface area contributed by atoms with Gasteiger partial charge in [-0.05, 0) is 55.5 Å². The van der Waals surface area contributed by atoms with Crippen LogP contribution >= 0.6 is 11.7 Å². The largest absolute Gasteiger partial charge is 0.243 e. The predicted molar refractivity (Wildman–Crippen MR) is 123 cm³/mol. The number of rotatable bonds is 3. The van der Waals surface area contributed by atoms with E-state index in [2.05, 4.69) is 70.8 Å². The molecule has 0 saturated carbocycles. The predicted octanol–water partition coefficient (Wildman–Crippen LogP) is 7.23. The van der Waals surface area contributed by atoms with Crippen LogP contribution in [0.1, 0.15) is 29.2 Å². The van der Waals surface area contributed by atoms with E-state index in [0.717, 1.165) is 33.3 Å². The van der Waals surface area contributed by atoms with Gasteiger partial charge in [-0.25, -0.2) is 4.85 Å². The normalized spacial score (nSPS) is 11.6. The van der Waals surface area contributed by atoms with E-state index >= 15 is 0 Å². The number of aryl methyl sites for hydroxylation is 3. The average molecular weight is 396 g/mol. The molecule has 1 aromatic heterocycles. The third-order valence-electron chi connectivity index (χ3n) is 5.14. The smallest absolute Gasteiger partial charge is 0.163 e. The first-order valence-electron chi connectivity index (χ1n) is 9.47. The Morgan fingerprint density at radius 3 is 2.10 bits per heavy atom. The lowest BCUT2D eigenvalue weighted by atomic mass is 9.91. The topological polar surface area (TPSA) is 30.1 Å². The van der Waals surface area contributed by atoms with Crippen molar-refractivity contribution in [2.45, 2.75) is 27.7 Å². The zero-order chi connectivity index (χ0) is 20.5. The van der Waals surface area contributed by atoms with E-state index in [4.69, 9.17) is 6.57 Å². The van der Waals surface area contributed by atoms with Gasteiger partial charge in [0.15, 0.2) is 5.70 Å². The summed E-state index contributed by atoms with van der Waals surface area (Å²) in [6, 6.07) is 17.0. The van der Waals surface area contributed by atoms with Crippen molar-refractivity contribution in [3.63, 3.8) is 0 Å². The zero-order valence-electron chi connectivity index (χ0n) is 16.9. The summed E-state index contributed by atoms with van der Waals surface area (Å²) in [5.74, 6) is 0. The second-order valence-corrected chi connectivity index (χ2v) is 7.94. The van der Waals surface area contributed by atoms with Gasteiger partial charge in [0, 0.05) is 11.1 Å². The highest BCUT2D eigenvalue weighted by molar-refractivity contribution is 7.00. The van der Waals surface area contributed by atoms with Gasteiger partial charge < -0.3 is 0 Å². The van der Waals surface area contributed by atoms with Gasteiger partial charge in [-0.15, -0.1) is 0 Å². The zero-order valence-corrected chi connectivity index (χ0v) is 17.8. The number of nitrogens with zero attached hydrogens (tertiary/aromatic N) is 3. The Bertz CT molecular complexity index is 1270. The Hall–Kier alpha value is -3.29. The molecule has 0 aliphatic rings. The average Bonchev–Trinajstić information content (AvgIpc) is 3.18. The summed E-state index contributed by atoms with van der Waals surface area (Å²) in [6.45, 7) is 15.3. The fourth-order valence-electron chi connectivity index (χ4n) is 3.94. The monoisotopic (exact) mass is 395 g/mol. The van der Waals surface area contributed by atoms with E-state index < -0.39 is 0 Å². The molecule has 4 rings (SSSR count). The molecule has 3 nitrogen and oxygen atoms in total. The molecule has 0 N–H and O–H groups in total. The minimum Gasteiger partial charge on any atom is -0.243 e. The molecule has 4 aromatic rings. The molecular weight excluding hydrogens is 374 g/mol. The van der Waals surface area contributed by atoms with Gasteiger partial charge in [-0.2, -0.15) is 8.75 Å². The van der Waals surface area contributed by atoms with Crippen LogP contribution in [0.25, 0.3) is 44.2 Å². The van der Waals surface area contributed by atoms with Gasteiger partial charge in [0.1, 0.15) is 11.0 Å².